The van der Waals surface area contributed by atoms with E-state index in [4.69, 9.17) is 5.73 Å². The third-order valence-corrected chi connectivity index (χ3v) is 9.28. The number of primary amides is 1. The normalized spacial score (nSPS) is 34.8. The number of benzene rings is 1. The SMILES string of the molecule is CC(C)[C@@H]1C(=O)C(C(N)=O)C(=O)[C@@]2(O)C(=O)C3C(=O)c4c(O)ccc(C5CCCCC5)c4C[C@H]3C[C@@H]12. The summed E-state index contributed by atoms with van der Waals surface area (Å²) in [6, 6.07) is 3.37. The van der Waals surface area contributed by atoms with E-state index >= 15 is 0 Å². The van der Waals surface area contributed by atoms with E-state index in [1.165, 1.54) is 12.5 Å². The third-order valence-electron chi connectivity index (χ3n) is 9.28. The van der Waals surface area contributed by atoms with Gasteiger partial charge in [0.05, 0.1) is 11.5 Å². The fourth-order valence-corrected chi connectivity index (χ4v) is 7.67. The lowest BCUT2D eigenvalue weighted by atomic mass is 9.49. The van der Waals surface area contributed by atoms with Crippen LogP contribution in [-0.2, 0) is 25.6 Å². The molecule has 1 amide bonds. The number of nitrogens with two attached hydrogens (primary N) is 1. The number of rotatable bonds is 3. The Hall–Kier alpha value is -2.87. The number of phenols is 1. The lowest BCUT2D eigenvalue weighted by molar-refractivity contribution is -0.182. The third kappa shape index (κ3) is 3.33. The zero-order chi connectivity index (χ0) is 26.1. The standard InChI is InChI=1S/C28H33NO7/c1-12(2)19-17-11-14-10-16-15(13-6-4-3-5-7-13)8-9-18(30)21(16)24(32)20(14)25(33)28(17,36)26(34)22(23(19)31)27(29)35/h8-9,12-14,17,19-20,22,30,36H,3-7,10-11H2,1-2H3,(H2,29,35)/t14-,17-,19-,20?,22?,28-/m0/s1. The van der Waals surface area contributed by atoms with Gasteiger partial charge in [0.1, 0.15) is 5.75 Å². The van der Waals surface area contributed by atoms with E-state index in [9.17, 15) is 34.2 Å². The number of carbonyl (C=O) groups excluding carboxylic acids is 5. The number of hydrogen-bond acceptors (Lipinski definition) is 7. The molecule has 192 valence electrons. The molecule has 4 aliphatic carbocycles. The lowest BCUT2D eigenvalue weighted by Crippen LogP contribution is -2.71. The minimum absolute atomic E-state index is 0.0981. The Balaban J connectivity index is 1.62. The fourth-order valence-electron chi connectivity index (χ4n) is 7.67. The van der Waals surface area contributed by atoms with Gasteiger partial charge in [-0.3, -0.25) is 24.0 Å². The molecule has 0 aromatic heterocycles. The van der Waals surface area contributed by atoms with Gasteiger partial charge in [0, 0.05) is 11.8 Å². The highest BCUT2D eigenvalue weighted by atomic mass is 16.3. The van der Waals surface area contributed by atoms with Crippen molar-refractivity contribution in [3.63, 3.8) is 0 Å². The summed E-state index contributed by atoms with van der Waals surface area (Å²) in [4.78, 5) is 66.2. The van der Waals surface area contributed by atoms with Gasteiger partial charge in [0.2, 0.25) is 5.91 Å². The summed E-state index contributed by atoms with van der Waals surface area (Å²) in [6.45, 7) is 3.49. The van der Waals surface area contributed by atoms with Gasteiger partial charge in [0.15, 0.2) is 34.7 Å². The summed E-state index contributed by atoms with van der Waals surface area (Å²) in [5.74, 6) is -10.7. The van der Waals surface area contributed by atoms with Crippen LogP contribution < -0.4 is 5.73 Å². The molecule has 0 heterocycles. The van der Waals surface area contributed by atoms with Gasteiger partial charge in [-0.15, -0.1) is 0 Å². The number of ketones is 4. The van der Waals surface area contributed by atoms with Gasteiger partial charge in [-0.1, -0.05) is 39.2 Å². The summed E-state index contributed by atoms with van der Waals surface area (Å²) in [7, 11) is 0. The highest BCUT2D eigenvalue weighted by Gasteiger charge is 2.69. The highest BCUT2D eigenvalue weighted by Crippen LogP contribution is 2.53. The van der Waals surface area contributed by atoms with Crippen LogP contribution in [0.2, 0.25) is 0 Å². The van der Waals surface area contributed by atoms with Crippen molar-refractivity contribution in [3.05, 3.63) is 28.8 Å². The maximum absolute atomic E-state index is 13.9. The molecule has 36 heavy (non-hydrogen) atoms. The van der Waals surface area contributed by atoms with Crippen molar-refractivity contribution in [2.45, 2.75) is 70.3 Å². The van der Waals surface area contributed by atoms with Crippen molar-refractivity contribution < 1.29 is 34.2 Å². The Morgan fingerprint density at radius 1 is 1.06 bits per heavy atom. The molecular formula is C28H33NO7. The maximum Gasteiger partial charge on any atom is 0.235 e. The van der Waals surface area contributed by atoms with Crippen LogP contribution in [0.4, 0.5) is 0 Å². The molecule has 1 aromatic rings. The van der Waals surface area contributed by atoms with Crippen LogP contribution in [0.15, 0.2) is 12.1 Å². The second kappa shape index (κ2) is 8.61. The summed E-state index contributed by atoms with van der Waals surface area (Å²) in [5, 5.41) is 22.3. The first-order valence-corrected chi connectivity index (χ1v) is 13.0. The van der Waals surface area contributed by atoms with E-state index in [1.807, 2.05) is 6.07 Å². The molecule has 1 aromatic carbocycles. The number of amides is 1. The Morgan fingerprint density at radius 2 is 1.72 bits per heavy atom. The molecule has 0 bridgehead atoms. The summed E-state index contributed by atoms with van der Waals surface area (Å²) in [5.41, 5.74) is 4.58. The van der Waals surface area contributed by atoms with Crippen molar-refractivity contribution in [3.8, 4) is 5.75 Å². The molecule has 3 fully saturated rings. The van der Waals surface area contributed by atoms with Gasteiger partial charge in [-0.2, -0.15) is 0 Å². The number of aliphatic hydroxyl groups is 1. The zero-order valence-corrected chi connectivity index (χ0v) is 20.7. The molecule has 4 N–H and O–H groups in total. The van der Waals surface area contributed by atoms with Crippen LogP contribution in [0.5, 0.6) is 5.75 Å². The smallest absolute Gasteiger partial charge is 0.235 e. The molecule has 8 heteroatoms. The van der Waals surface area contributed by atoms with Gasteiger partial charge >= 0.3 is 0 Å². The average molecular weight is 496 g/mol. The summed E-state index contributed by atoms with van der Waals surface area (Å²) < 4.78 is 0. The van der Waals surface area contributed by atoms with Gasteiger partial charge < -0.3 is 15.9 Å². The molecular weight excluding hydrogens is 462 g/mol. The van der Waals surface area contributed by atoms with E-state index in [0.29, 0.717) is 6.42 Å². The Morgan fingerprint density at radius 3 is 2.33 bits per heavy atom. The number of aromatic hydroxyl groups is 1. The Kier molecular flexibility index (Phi) is 5.93. The number of hydrogen-bond donors (Lipinski definition) is 3. The molecule has 2 unspecified atom stereocenters. The second-order valence-electron chi connectivity index (χ2n) is 11.5. The maximum atomic E-state index is 13.9. The number of fused-ring (bicyclic) bond motifs is 3. The van der Waals surface area contributed by atoms with Crippen LogP contribution >= 0.6 is 0 Å². The minimum atomic E-state index is -2.65. The summed E-state index contributed by atoms with van der Waals surface area (Å²) in [6.07, 6.45) is 5.80. The predicted molar refractivity (Wildman–Crippen MR) is 128 cm³/mol. The van der Waals surface area contributed by atoms with Crippen molar-refractivity contribution >= 4 is 29.0 Å². The molecule has 3 saturated carbocycles. The molecule has 0 radical (unpaired) electrons. The summed E-state index contributed by atoms with van der Waals surface area (Å²) >= 11 is 0. The lowest BCUT2D eigenvalue weighted by Gasteiger charge is -2.52. The van der Waals surface area contributed by atoms with Crippen LogP contribution in [0.1, 0.15) is 79.8 Å². The Bertz CT molecular complexity index is 1180. The molecule has 5 rings (SSSR count). The van der Waals surface area contributed by atoms with Crippen molar-refractivity contribution in [1.82, 2.24) is 0 Å². The van der Waals surface area contributed by atoms with Gasteiger partial charge in [-0.05, 0) is 60.6 Å². The van der Waals surface area contributed by atoms with E-state index in [1.54, 1.807) is 13.8 Å². The predicted octanol–water partition coefficient (Wildman–Crippen LogP) is 2.26. The Labute approximate surface area is 209 Å². The first-order valence-electron chi connectivity index (χ1n) is 13.0. The fraction of sp³-hybridized carbons (Fsp3) is 0.607. The van der Waals surface area contributed by atoms with Gasteiger partial charge in [-0.25, -0.2) is 0 Å². The second-order valence-corrected chi connectivity index (χ2v) is 11.5. The van der Waals surface area contributed by atoms with Crippen molar-refractivity contribution in [2.24, 2.45) is 41.2 Å². The van der Waals surface area contributed by atoms with Crippen LogP contribution in [0, 0.1) is 35.5 Å². The van der Waals surface area contributed by atoms with Crippen LogP contribution in [0.3, 0.4) is 0 Å². The molecule has 4 aliphatic rings. The van der Waals surface area contributed by atoms with Gasteiger partial charge in [0.25, 0.3) is 0 Å². The van der Waals surface area contributed by atoms with Crippen LogP contribution in [-0.4, -0.2) is 44.9 Å². The minimum Gasteiger partial charge on any atom is -0.507 e. The number of phenolic OH excluding ortho intramolecular Hbond substituents is 1. The number of Topliss-reactive ketones (excluding diaryl/α,β-unsaturated/α-hetero) is 4. The molecule has 0 aliphatic heterocycles. The first kappa shape index (κ1) is 24.8. The van der Waals surface area contributed by atoms with Crippen LogP contribution in [0.25, 0.3) is 0 Å². The quantitative estimate of drug-likeness (QED) is 0.544. The zero-order valence-electron chi connectivity index (χ0n) is 20.7. The van der Waals surface area contributed by atoms with E-state index in [2.05, 4.69) is 0 Å². The van der Waals surface area contributed by atoms with E-state index in [-0.39, 0.29) is 29.6 Å². The first-order chi connectivity index (χ1) is 17.0. The monoisotopic (exact) mass is 495 g/mol. The number of carbonyl (C=O) groups is 5. The van der Waals surface area contributed by atoms with E-state index < -0.39 is 64.2 Å². The van der Waals surface area contributed by atoms with E-state index in [0.717, 1.165) is 36.8 Å². The largest absolute Gasteiger partial charge is 0.507 e. The highest BCUT2D eigenvalue weighted by molar-refractivity contribution is 6.31. The average Bonchev–Trinajstić information content (AvgIpc) is 2.81. The topological polar surface area (TPSA) is 152 Å². The molecule has 8 nitrogen and oxygen atoms in total. The van der Waals surface area contributed by atoms with Crippen molar-refractivity contribution in [2.75, 3.05) is 0 Å². The molecule has 0 saturated heterocycles. The molecule has 6 atom stereocenters. The van der Waals surface area contributed by atoms with Crippen molar-refractivity contribution in [1.29, 1.82) is 0 Å². The molecule has 0 spiro atoms.